The number of hydrogen-bond donors (Lipinski definition) is 2. The van der Waals surface area contributed by atoms with Gasteiger partial charge in [0.15, 0.2) is 0 Å². The Kier molecular flexibility index (Phi) is 3.96. The van der Waals surface area contributed by atoms with Gasteiger partial charge in [0, 0.05) is 28.7 Å². The molecule has 4 atom stereocenters. The van der Waals surface area contributed by atoms with Crippen molar-refractivity contribution in [2.75, 3.05) is 5.32 Å². The molecule has 0 bridgehead atoms. The average molecular weight is 358 g/mol. The third-order valence-corrected chi connectivity index (χ3v) is 6.20. The molecule has 1 aromatic heterocycles. The minimum Gasteiger partial charge on any atom is -0.491 e. The predicted octanol–water partition coefficient (Wildman–Crippen LogP) is 6.17. The van der Waals surface area contributed by atoms with E-state index in [0.717, 1.165) is 18.6 Å². The molecule has 3 heteroatoms. The summed E-state index contributed by atoms with van der Waals surface area (Å²) in [6.45, 7) is 4.29. The fourth-order valence-electron chi connectivity index (χ4n) is 4.62. The van der Waals surface area contributed by atoms with Crippen molar-refractivity contribution in [3.63, 3.8) is 0 Å². The third-order valence-electron chi connectivity index (χ3n) is 6.20. The van der Waals surface area contributed by atoms with E-state index in [9.17, 15) is 0 Å². The Balaban J connectivity index is 1.54. The summed E-state index contributed by atoms with van der Waals surface area (Å²) in [5, 5.41) is 5.16. The van der Waals surface area contributed by atoms with Crippen LogP contribution >= 0.6 is 0 Å². The highest BCUT2D eigenvalue weighted by Gasteiger charge is 2.38. The van der Waals surface area contributed by atoms with Crippen LogP contribution in [0.3, 0.4) is 0 Å². The van der Waals surface area contributed by atoms with Gasteiger partial charge in [-0.3, -0.25) is 0 Å². The van der Waals surface area contributed by atoms with E-state index in [1.807, 2.05) is 0 Å². The van der Waals surface area contributed by atoms with Crippen LogP contribution < -0.4 is 10.1 Å². The van der Waals surface area contributed by atoms with Gasteiger partial charge in [0.25, 0.3) is 0 Å². The van der Waals surface area contributed by atoms with Crippen molar-refractivity contribution in [3.05, 3.63) is 71.9 Å². The molecule has 2 aromatic carbocycles. The number of benzene rings is 2. The number of ether oxygens (including phenoxy) is 1. The second-order valence-electron chi connectivity index (χ2n) is 7.85. The highest BCUT2D eigenvalue weighted by Crippen LogP contribution is 2.51. The summed E-state index contributed by atoms with van der Waals surface area (Å²) in [6.07, 6.45) is 9.29. The Morgan fingerprint density at radius 3 is 2.93 bits per heavy atom. The lowest BCUT2D eigenvalue weighted by Crippen LogP contribution is -2.29. The molecule has 1 aliphatic carbocycles. The highest BCUT2D eigenvalue weighted by molar-refractivity contribution is 5.84. The Bertz CT molecular complexity index is 1000. The number of rotatable bonds is 4. The minimum atomic E-state index is 0.244. The van der Waals surface area contributed by atoms with Gasteiger partial charge in [0.05, 0.1) is 12.1 Å². The van der Waals surface area contributed by atoms with Gasteiger partial charge in [0.1, 0.15) is 5.75 Å². The number of hydrogen-bond acceptors (Lipinski definition) is 2. The van der Waals surface area contributed by atoms with Crippen LogP contribution in [0, 0.1) is 5.92 Å². The lowest BCUT2D eigenvalue weighted by molar-refractivity contribution is 0.217. The number of aromatic nitrogens is 1. The fraction of sp³-hybridized carbons (Fsp3) is 0.333. The monoisotopic (exact) mass is 358 g/mol. The topological polar surface area (TPSA) is 37.0 Å². The highest BCUT2D eigenvalue weighted by atomic mass is 16.5. The van der Waals surface area contributed by atoms with Gasteiger partial charge in [0.2, 0.25) is 0 Å². The average Bonchev–Trinajstić information content (AvgIpc) is 3.35. The number of para-hydroxylation sites is 1. The maximum Gasteiger partial charge on any atom is 0.120 e. The molecular weight excluding hydrogens is 332 g/mol. The van der Waals surface area contributed by atoms with Crippen LogP contribution in [-0.4, -0.2) is 11.1 Å². The van der Waals surface area contributed by atoms with E-state index in [1.54, 1.807) is 0 Å². The molecule has 3 aromatic rings. The second-order valence-corrected chi connectivity index (χ2v) is 7.85. The zero-order chi connectivity index (χ0) is 18.4. The zero-order valence-corrected chi connectivity index (χ0v) is 15.9. The first-order valence-corrected chi connectivity index (χ1v) is 10.0. The zero-order valence-electron chi connectivity index (χ0n) is 15.9. The van der Waals surface area contributed by atoms with Crippen molar-refractivity contribution < 1.29 is 4.74 Å². The molecule has 2 heterocycles. The van der Waals surface area contributed by atoms with Gasteiger partial charge in [-0.2, -0.15) is 0 Å². The summed E-state index contributed by atoms with van der Waals surface area (Å²) in [5.41, 5.74) is 5.18. The van der Waals surface area contributed by atoms with Crippen molar-refractivity contribution in [1.29, 1.82) is 0 Å². The molecule has 0 fully saturated rings. The van der Waals surface area contributed by atoms with E-state index in [0.29, 0.717) is 17.9 Å². The second kappa shape index (κ2) is 6.49. The minimum absolute atomic E-state index is 0.244. The Hall–Kier alpha value is -2.68. The van der Waals surface area contributed by atoms with Gasteiger partial charge >= 0.3 is 0 Å². The number of anilines is 1. The number of aromatic amines is 1. The number of allylic oxidation sites excluding steroid dienone is 2. The lowest BCUT2D eigenvalue weighted by Gasteiger charge is -2.37. The summed E-state index contributed by atoms with van der Waals surface area (Å²) in [6, 6.07) is 15.4. The molecule has 138 valence electrons. The van der Waals surface area contributed by atoms with Crippen LogP contribution in [0.25, 0.3) is 10.9 Å². The van der Waals surface area contributed by atoms with E-state index in [-0.39, 0.29) is 6.10 Å². The molecule has 5 rings (SSSR count). The number of nitrogens with one attached hydrogen (secondary N) is 2. The molecular formula is C24H26N2O. The first kappa shape index (κ1) is 16.5. The molecule has 2 N–H and O–H groups in total. The van der Waals surface area contributed by atoms with E-state index in [1.165, 1.54) is 27.7 Å². The summed E-state index contributed by atoms with van der Waals surface area (Å²) >= 11 is 0. The van der Waals surface area contributed by atoms with Gasteiger partial charge in [-0.25, -0.2) is 0 Å². The molecule has 0 amide bonds. The summed E-state index contributed by atoms with van der Waals surface area (Å²) in [4.78, 5) is 3.45. The maximum atomic E-state index is 6.08. The summed E-state index contributed by atoms with van der Waals surface area (Å²) in [7, 11) is 0. The first-order valence-electron chi connectivity index (χ1n) is 10.0. The van der Waals surface area contributed by atoms with Gasteiger partial charge in [-0.15, -0.1) is 0 Å². The largest absolute Gasteiger partial charge is 0.491 e. The SMILES string of the molecule is CCC(C)Oc1ccc2c(c1)C1C=CCC1C(c1c[nH]c3ccccc13)N2. The van der Waals surface area contributed by atoms with Gasteiger partial charge < -0.3 is 15.0 Å². The molecule has 4 unspecified atom stereocenters. The third kappa shape index (κ3) is 2.73. The van der Waals surface area contributed by atoms with Crippen LogP contribution in [0.5, 0.6) is 5.75 Å². The standard InChI is InChI=1S/C24H26N2O/c1-3-15(2)27-16-11-12-23-20(13-16)17-8-6-9-19(17)24(26-23)21-14-25-22-10-5-4-7-18(21)22/h4-8,10-15,17,19,24-26H,3,9H2,1-2H3. The Morgan fingerprint density at radius 2 is 2.04 bits per heavy atom. The van der Waals surface area contributed by atoms with E-state index < -0.39 is 0 Å². The summed E-state index contributed by atoms with van der Waals surface area (Å²) < 4.78 is 6.08. The molecule has 27 heavy (non-hydrogen) atoms. The molecule has 0 saturated carbocycles. The summed E-state index contributed by atoms with van der Waals surface area (Å²) in [5.74, 6) is 1.96. The quantitative estimate of drug-likeness (QED) is 0.547. The molecule has 1 aliphatic heterocycles. The van der Waals surface area contributed by atoms with Crippen LogP contribution in [-0.2, 0) is 0 Å². The smallest absolute Gasteiger partial charge is 0.120 e. The molecule has 0 spiro atoms. The number of fused-ring (bicyclic) bond motifs is 4. The molecule has 2 aliphatic rings. The van der Waals surface area contributed by atoms with Crippen LogP contribution in [0.2, 0.25) is 0 Å². The predicted molar refractivity (Wildman–Crippen MR) is 111 cm³/mol. The van der Waals surface area contributed by atoms with Crippen molar-refractivity contribution in [2.45, 2.75) is 44.8 Å². The van der Waals surface area contributed by atoms with E-state index in [4.69, 9.17) is 4.74 Å². The first-order chi connectivity index (χ1) is 13.2. The van der Waals surface area contributed by atoms with Crippen molar-refractivity contribution in [1.82, 2.24) is 4.98 Å². The van der Waals surface area contributed by atoms with Crippen LogP contribution in [0.15, 0.2) is 60.8 Å². The van der Waals surface area contributed by atoms with Crippen LogP contribution in [0.1, 0.15) is 49.8 Å². The van der Waals surface area contributed by atoms with Crippen LogP contribution in [0.4, 0.5) is 5.69 Å². The van der Waals surface area contributed by atoms with E-state index >= 15 is 0 Å². The molecule has 3 nitrogen and oxygen atoms in total. The lowest BCUT2D eigenvalue weighted by atomic mass is 9.77. The Labute approximate surface area is 160 Å². The number of H-pyrrole nitrogens is 1. The fourth-order valence-corrected chi connectivity index (χ4v) is 4.62. The van der Waals surface area contributed by atoms with Crippen molar-refractivity contribution in [2.24, 2.45) is 5.92 Å². The maximum absolute atomic E-state index is 6.08. The van der Waals surface area contributed by atoms with Crippen molar-refractivity contribution in [3.8, 4) is 5.75 Å². The van der Waals surface area contributed by atoms with E-state index in [2.05, 4.69) is 85.0 Å². The molecule has 0 saturated heterocycles. The van der Waals surface area contributed by atoms with Gasteiger partial charge in [-0.05, 0) is 61.1 Å². The molecule has 0 radical (unpaired) electrons. The normalized spacial score (nSPS) is 24.3. The van der Waals surface area contributed by atoms with Gasteiger partial charge in [-0.1, -0.05) is 37.3 Å². The Morgan fingerprint density at radius 1 is 1.15 bits per heavy atom. The van der Waals surface area contributed by atoms with Crippen molar-refractivity contribution >= 4 is 16.6 Å².